The van der Waals surface area contributed by atoms with Gasteiger partial charge >= 0.3 is 5.97 Å². The summed E-state index contributed by atoms with van der Waals surface area (Å²) in [5.74, 6) is 0.424. The molecule has 26 heavy (non-hydrogen) atoms. The van der Waals surface area contributed by atoms with E-state index in [1.165, 1.54) is 21.3 Å². The maximum Gasteiger partial charge on any atom is 0.354 e. The van der Waals surface area contributed by atoms with Gasteiger partial charge in [0.25, 0.3) is 0 Å². The number of ether oxygens (including phenoxy) is 3. The first-order chi connectivity index (χ1) is 12.6. The molecule has 0 saturated heterocycles. The molecule has 1 N–H and O–H groups in total. The number of aromatic nitrogens is 1. The van der Waals surface area contributed by atoms with Gasteiger partial charge in [0.05, 0.1) is 21.3 Å². The largest absolute Gasteiger partial charge is 0.493 e. The minimum absolute atomic E-state index is 0.204. The summed E-state index contributed by atoms with van der Waals surface area (Å²) in [7, 11) is 4.34. The van der Waals surface area contributed by atoms with Crippen molar-refractivity contribution in [2.45, 2.75) is 6.04 Å². The van der Waals surface area contributed by atoms with Crippen LogP contribution < -0.4 is 14.8 Å². The van der Waals surface area contributed by atoms with Crippen LogP contribution in [0.2, 0.25) is 0 Å². The van der Waals surface area contributed by atoms with Crippen LogP contribution in [-0.4, -0.2) is 38.6 Å². The van der Waals surface area contributed by atoms with Gasteiger partial charge in [-0.1, -0.05) is 0 Å². The molecule has 0 radical (unpaired) electrons. The summed E-state index contributed by atoms with van der Waals surface area (Å²) in [6, 6.07) is 6.33. The number of pyridine rings is 1. The summed E-state index contributed by atoms with van der Waals surface area (Å²) >= 11 is 0. The van der Waals surface area contributed by atoms with Gasteiger partial charge in [-0.15, -0.1) is 0 Å². The van der Waals surface area contributed by atoms with E-state index >= 15 is 0 Å². The van der Waals surface area contributed by atoms with Crippen molar-refractivity contribution in [3.8, 4) is 11.5 Å². The van der Waals surface area contributed by atoms with Crippen molar-refractivity contribution >= 4 is 17.8 Å². The normalized spacial score (nSPS) is 15.6. The Morgan fingerprint density at radius 3 is 2.35 bits per heavy atom. The molecule has 1 aliphatic heterocycles. The number of nitrogens with one attached hydrogen (secondary N) is 1. The van der Waals surface area contributed by atoms with Gasteiger partial charge in [0, 0.05) is 18.0 Å². The second-order valence-corrected chi connectivity index (χ2v) is 5.53. The molecule has 1 aliphatic rings. The number of benzene rings is 1. The van der Waals surface area contributed by atoms with E-state index in [0.717, 1.165) is 11.8 Å². The van der Waals surface area contributed by atoms with Gasteiger partial charge in [-0.2, -0.15) is 0 Å². The van der Waals surface area contributed by atoms with E-state index < -0.39 is 12.0 Å². The molecule has 0 amide bonds. The van der Waals surface area contributed by atoms with Gasteiger partial charge in [0.1, 0.15) is 18.0 Å². The summed E-state index contributed by atoms with van der Waals surface area (Å²) < 4.78 is 15.6. The molecule has 0 fully saturated rings. The molecule has 0 bridgehead atoms. The Hall–Kier alpha value is -3.35. The summed E-state index contributed by atoms with van der Waals surface area (Å²) in [4.78, 5) is 28.0. The van der Waals surface area contributed by atoms with Crippen LogP contribution in [-0.2, 0) is 14.3 Å². The van der Waals surface area contributed by atoms with E-state index in [1.807, 2.05) is 0 Å². The van der Waals surface area contributed by atoms with Crippen molar-refractivity contribution in [3.63, 3.8) is 0 Å². The van der Waals surface area contributed by atoms with Gasteiger partial charge in [0.15, 0.2) is 11.5 Å². The predicted octanol–water partition coefficient (Wildman–Crippen LogP) is 1.87. The average molecular weight is 354 g/mol. The first-order valence-corrected chi connectivity index (χ1v) is 7.85. The highest BCUT2D eigenvalue weighted by atomic mass is 16.5. The molecule has 134 valence electrons. The lowest BCUT2D eigenvalue weighted by Gasteiger charge is -2.29. The molecule has 3 rings (SSSR count). The van der Waals surface area contributed by atoms with E-state index in [1.54, 1.807) is 36.7 Å². The topological polar surface area (TPSA) is 86.8 Å². The van der Waals surface area contributed by atoms with Crippen LogP contribution in [0.5, 0.6) is 11.5 Å². The molecule has 1 aromatic carbocycles. The minimum atomic E-state index is -0.718. The summed E-state index contributed by atoms with van der Waals surface area (Å²) in [6.07, 6.45) is 3.99. The van der Waals surface area contributed by atoms with Crippen LogP contribution in [0, 0.1) is 0 Å². The summed E-state index contributed by atoms with van der Waals surface area (Å²) in [5.41, 5.74) is 2.93. The summed E-state index contributed by atoms with van der Waals surface area (Å²) in [5, 5.41) is 2.97. The van der Waals surface area contributed by atoms with Crippen LogP contribution in [0.15, 0.2) is 42.4 Å². The van der Waals surface area contributed by atoms with Gasteiger partial charge in [-0.05, 0) is 41.0 Å². The van der Waals surface area contributed by atoms with E-state index in [2.05, 4.69) is 10.3 Å². The Kier molecular flexibility index (Phi) is 4.88. The zero-order valence-corrected chi connectivity index (χ0v) is 14.6. The number of aldehydes is 1. The highest BCUT2D eigenvalue weighted by Crippen LogP contribution is 2.42. The first-order valence-electron chi connectivity index (χ1n) is 7.85. The average Bonchev–Trinajstić information content (AvgIpc) is 2.71. The third-order valence-electron chi connectivity index (χ3n) is 4.20. The molecule has 2 heterocycles. The van der Waals surface area contributed by atoms with Crippen LogP contribution in [0.25, 0.3) is 5.57 Å². The molecule has 2 aromatic rings. The fourth-order valence-electron chi connectivity index (χ4n) is 3.00. The Morgan fingerprint density at radius 2 is 1.77 bits per heavy atom. The van der Waals surface area contributed by atoms with Gasteiger partial charge in [-0.25, -0.2) is 4.79 Å². The number of carbonyl (C=O) groups is 2. The molecule has 7 nitrogen and oxygen atoms in total. The van der Waals surface area contributed by atoms with E-state index in [4.69, 9.17) is 14.2 Å². The fourth-order valence-corrected chi connectivity index (χ4v) is 3.00. The molecule has 1 atom stereocenters. The molecule has 0 spiro atoms. The van der Waals surface area contributed by atoms with Crippen molar-refractivity contribution in [2.75, 3.05) is 21.3 Å². The van der Waals surface area contributed by atoms with Crippen molar-refractivity contribution in [1.82, 2.24) is 10.3 Å². The number of hydrogen-bond donors (Lipinski definition) is 1. The number of nitrogens with zero attached hydrogens (tertiary/aromatic N) is 1. The molecule has 1 unspecified atom stereocenters. The van der Waals surface area contributed by atoms with Crippen molar-refractivity contribution < 1.29 is 23.8 Å². The zero-order valence-electron chi connectivity index (χ0n) is 14.6. The SMILES string of the molecule is COC(=O)C1=C(c2ccncc2)c2cc(OC)c(OC)cc2C(C=O)N1. The highest BCUT2D eigenvalue weighted by Gasteiger charge is 2.32. The van der Waals surface area contributed by atoms with E-state index in [9.17, 15) is 9.59 Å². The Bertz CT molecular complexity index is 877. The standard InChI is InChI=1S/C19H18N2O5/c1-24-15-8-12-13(9-16(15)25-2)17(11-4-6-20-7-5-11)18(19(23)26-3)21-14(12)10-22/h4-10,14,21H,1-3H3. The number of esters is 1. The van der Waals surface area contributed by atoms with Gasteiger partial charge < -0.3 is 24.3 Å². The van der Waals surface area contributed by atoms with Crippen molar-refractivity contribution in [1.29, 1.82) is 0 Å². The lowest BCUT2D eigenvalue weighted by Crippen LogP contribution is -2.33. The van der Waals surface area contributed by atoms with Crippen LogP contribution in [0.1, 0.15) is 22.7 Å². The first kappa shape index (κ1) is 17.5. The molecule has 0 saturated carbocycles. The molecule has 1 aromatic heterocycles. The molecular weight excluding hydrogens is 336 g/mol. The van der Waals surface area contributed by atoms with Crippen LogP contribution >= 0.6 is 0 Å². The highest BCUT2D eigenvalue weighted by molar-refractivity contribution is 6.04. The third-order valence-corrected chi connectivity index (χ3v) is 4.20. The Labute approximate surface area is 150 Å². The quantitative estimate of drug-likeness (QED) is 0.648. The van der Waals surface area contributed by atoms with Crippen LogP contribution in [0.3, 0.4) is 0 Å². The second-order valence-electron chi connectivity index (χ2n) is 5.53. The van der Waals surface area contributed by atoms with Gasteiger partial charge in [0.2, 0.25) is 0 Å². The number of methoxy groups -OCH3 is 3. The molecule has 7 heteroatoms. The van der Waals surface area contributed by atoms with E-state index in [-0.39, 0.29) is 5.70 Å². The number of hydrogen-bond acceptors (Lipinski definition) is 7. The smallest absolute Gasteiger partial charge is 0.354 e. The fraction of sp³-hybridized carbons (Fsp3) is 0.211. The summed E-state index contributed by atoms with van der Waals surface area (Å²) in [6.45, 7) is 0. The van der Waals surface area contributed by atoms with Gasteiger partial charge in [-0.3, -0.25) is 4.98 Å². The molecule has 0 aliphatic carbocycles. The van der Waals surface area contributed by atoms with Crippen molar-refractivity contribution in [2.24, 2.45) is 0 Å². The maximum absolute atomic E-state index is 12.4. The number of rotatable bonds is 5. The minimum Gasteiger partial charge on any atom is -0.493 e. The lowest BCUT2D eigenvalue weighted by molar-refractivity contribution is -0.136. The lowest BCUT2D eigenvalue weighted by atomic mass is 9.86. The Balaban J connectivity index is 2.35. The number of fused-ring (bicyclic) bond motifs is 1. The van der Waals surface area contributed by atoms with Crippen LogP contribution in [0.4, 0.5) is 0 Å². The Morgan fingerprint density at radius 1 is 1.12 bits per heavy atom. The second kappa shape index (κ2) is 7.26. The predicted molar refractivity (Wildman–Crippen MR) is 93.8 cm³/mol. The number of carbonyl (C=O) groups excluding carboxylic acids is 2. The van der Waals surface area contributed by atoms with E-state index in [0.29, 0.717) is 28.2 Å². The molecular formula is C19H18N2O5. The van der Waals surface area contributed by atoms with Crippen molar-refractivity contribution in [3.05, 3.63) is 59.0 Å². The maximum atomic E-state index is 12.4. The third kappa shape index (κ3) is 2.88. The zero-order chi connectivity index (χ0) is 18.7. The monoisotopic (exact) mass is 354 g/mol.